The standard InChI is InChI=1S/C20H24N2O6S/c1-5-26-17(24)8-15-11-29-20(21-15)22-16(23)9-27-18(25)10-28-19-13(3)6-12(2)7-14(19)4/h6-7,11H,5,8-10H2,1-4H3,(H,21,22,23). The zero-order valence-electron chi connectivity index (χ0n) is 16.9. The van der Waals surface area contributed by atoms with Crippen LogP contribution in [0.25, 0.3) is 0 Å². The summed E-state index contributed by atoms with van der Waals surface area (Å²) in [6.45, 7) is 7.06. The van der Waals surface area contributed by atoms with Gasteiger partial charge in [-0.05, 0) is 38.8 Å². The van der Waals surface area contributed by atoms with Gasteiger partial charge in [-0.3, -0.25) is 14.9 Å². The van der Waals surface area contributed by atoms with Crippen LogP contribution in [0.2, 0.25) is 0 Å². The van der Waals surface area contributed by atoms with Gasteiger partial charge >= 0.3 is 11.9 Å². The van der Waals surface area contributed by atoms with Crippen LogP contribution in [0.5, 0.6) is 5.75 Å². The second kappa shape index (κ2) is 10.6. The van der Waals surface area contributed by atoms with Gasteiger partial charge in [0.25, 0.3) is 5.91 Å². The first-order chi connectivity index (χ1) is 13.8. The Morgan fingerprint density at radius 3 is 2.38 bits per heavy atom. The number of carbonyl (C=O) groups excluding carboxylic acids is 3. The summed E-state index contributed by atoms with van der Waals surface area (Å²) in [6, 6.07) is 3.93. The molecular formula is C20H24N2O6S. The van der Waals surface area contributed by atoms with E-state index in [1.54, 1.807) is 12.3 Å². The number of hydrogen-bond donors (Lipinski definition) is 1. The van der Waals surface area contributed by atoms with Crippen LogP contribution in [-0.4, -0.2) is 42.7 Å². The average molecular weight is 420 g/mol. The van der Waals surface area contributed by atoms with Crippen molar-refractivity contribution in [2.24, 2.45) is 0 Å². The number of amides is 1. The summed E-state index contributed by atoms with van der Waals surface area (Å²) in [5.74, 6) is -0.933. The second-order valence-corrected chi connectivity index (χ2v) is 7.21. The van der Waals surface area contributed by atoms with Crippen molar-refractivity contribution in [3.63, 3.8) is 0 Å². The predicted molar refractivity (Wildman–Crippen MR) is 108 cm³/mol. The second-order valence-electron chi connectivity index (χ2n) is 6.35. The highest BCUT2D eigenvalue weighted by atomic mass is 32.1. The molecule has 1 amide bonds. The minimum atomic E-state index is -0.651. The van der Waals surface area contributed by atoms with E-state index in [0.717, 1.165) is 16.7 Å². The molecule has 0 fully saturated rings. The van der Waals surface area contributed by atoms with E-state index in [9.17, 15) is 14.4 Å². The summed E-state index contributed by atoms with van der Waals surface area (Å²) < 4.78 is 15.3. The largest absolute Gasteiger partial charge is 0.481 e. The van der Waals surface area contributed by atoms with E-state index in [-0.39, 0.29) is 19.0 Å². The van der Waals surface area contributed by atoms with Crippen LogP contribution in [0, 0.1) is 20.8 Å². The smallest absolute Gasteiger partial charge is 0.344 e. The summed E-state index contributed by atoms with van der Waals surface area (Å²) >= 11 is 1.17. The number of nitrogens with one attached hydrogen (secondary N) is 1. The van der Waals surface area contributed by atoms with Gasteiger partial charge < -0.3 is 14.2 Å². The number of rotatable bonds is 9. The first-order valence-electron chi connectivity index (χ1n) is 9.04. The molecule has 29 heavy (non-hydrogen) atoms. The molecule has 9 heteroatoms. The van der Waals surface area contributed by atoms with Gasteiger partial charge in [0.1, 0.15) is 5.75 Å². The van der Waals surface area contributed by atoms with E-state index in [0.29, 0.717) is 23.2 Å². The first-order valence-corrected chi connectivity index (χ1v) is 9.92. The lowest BCUT2D eigenvalue weighted by Gasteiger charge is -2.12. The highest BCUT2D eigenvalue weighted by Gasteiger charge is 2.13. The number of benzene rings is 1. The zero-order chi connectivity index (χ0) is 21.4. The first kappa shape index (κ1) is 22.4. The van der Waals surface area contributed by atoms with E-state index in [2.05, 4.69) is 10.3 Å². The third-order valence-corrected chi connectivity index (χ3v) is 4.54. The monoisotopic (exact) mass is 420 g/mol. The van der Waals surface area contributed by atoms with Crippen molar-refractivity contribution in [1.82, 2.24) is 4.98 Å². The fraction of sp³-hybridized carbons (Fsp3) is 0.400. The fourth-order valence-electron chi connectivity index (χ4n) is 2.67. The Bertz CT molecular complexity index is 870. The highest BCUT2D eigenvalue weighted by molar-refractivity contribution is 7.13. The number of ether oxygens (including phenoxy) is 3. The molecule has 1 aromatic carbocycles. The molecule has 0 aliphatic carbocycles. The SMILES string of the molecule is CCOC(=O)Cc1csc(NC(=O)COC(=O)COc2c(C)cc(C)cc2C)n1. The van der Waals surface area contributed by atoms with Crippen molar-refractivity contribution in [2.75, 3.05) is 25.1 Å². The summed E-state index contributed by atoms with van der Waals surface area (Å²) in [5, 5.41) is 4.48. The maximum absolute atomic E-state index is 11.9. The molecule has 2 aromatic rings. The van der Waals surface area contributed by atoms with Crippen molar-refractivity contribution in [3.8, 4) is 5.75 Å². The Kier molecular flexibility index (Phi) is 8.14. The Morgan fingerprint density at radius 1 is 1.03 bits per heavy atom. The molecule has 156 valence electrons. The van der Waals surface area contributed by atoms with Crippen LogP contribution >= 0.6 is 11.3 Å². The van der Waals surface area contributed by atoms with Crippen LogP contribution in [0.4, 0.5) is 5.13 Å². The normalized spacial score (nSPS) is 10.3. The number of anilines is 1. The lowest BCUT2D eigenvalue weighted by Crippen LogP contribution is -2.24. The van der Waals surface area contributed by atoms with Gasteiger partial charge in [-0.2, -0.15) is 0 Å². The van der Waals surface area contributed by atoms with Crippen LogP contribution < -0.4 is 10.1 Å². The van der Waals surface area contributed by atoms with Crippen molar-refractivity contribution in [1.29, 1.82) is 0 Å². The minimum Gasteiger partial charge on any atom is -0.481 e. The molecule has 1 aromatic heterocycles. The van der Waals surface area contributed by atoms with Gasteiger partial charge in [0.2, 0.25) is 0 Å². The van der Waals surface area contributed by atoms with Crippen LogP contribution in [0.15, 0.2) is 17.5 Å². The average Bonchev–Trinajstić information content (AvgIpc) is 3.05. The topological polar surface area (TPSA) is 104 Å². The Morgan fingerprint density at radius 2 is 1.72 bits per heavy atom. The molecule has 1 heterocycles. The number of carbonyl (C=O) groups is 3. The summed E-state index contributed by atoms with van der Waals surface area (Å²) in [4.78, 5) is 39.3. The molecule has 0 saturated heterocycles. The van der Waals surface area contributed by atoms with E-state index < -0.39 is 18.5 Å². The van der Waals surface area contributed by atoms with Gasteiger partial charge in [-0.15, -0.1) is 11.3 Å². The molecule has 0 saturated carbocycles. The summed E-state index contributed by atoms with van der Waals surface area (Å²) in [6.07, 6.45) is 0.0321. The predicted octanol–water partition coefficient (Wildman–Crippen LogP) is 2.73. The van der Waals surface area contributed by atoms with Crippen molar-refractivity contribution in [3.05, 3.63) is 39.9 Å². The Hall–Kier alpha value is -2.94. The molecule has 0 aliphatic heterocycles. The highest BCUT2D eigenvalue weighted by Crippen LogP contribution is 2.24. The molecule has 0 unspecified atom stereocenters. The lowest BCUT2D eigenvalue weighted by atomic mass is 10.1. The number of nitrogens with zero attached hydrogens (tertiary/aromatic N) is 1. The number of thiazole rings is 1. The Balaban J connectivity index is 1.76. The van der Waals surface area contributed by atoms with Crippen molar-refractivity contribution in [2.45, 2.75) is 34.1 Å². The van der Waals surface area contributed by atoms with Crippen LogP contribution in [0.1, 0.15) is 29.3 Å². The van der Waals surface area contributed by atoms with Crippen molar-refractivity contribution < 1.29 is 28.6 Å². The van der Waals surface area contributed by atoms with Gasteiger partial charge in [0.05, 0.1) is 18.7 Å². The van der Waals surface area contributed by atoms with E-state index in [1.807, 2.05) is 32.9 Å². The third-order valence-electron chi connectivity index (χ3n) is 3.73. The van der Waals surface area contributed by atoms with E-state index in [4.69, 9.17) is 14.2 Å². The molecule has 0 bridgehead atoms. The van der Waals surface area contributed by atoms with Crippen LogP contribution in [0.3, 0.4) is 0 Å². The molecule has 0 aliphatic rings. The Labute approximate surface area is 173 Å². The summed E-state index contributed by atoms with van der Waals surface area (Å²) in [7, 11) is 0. The molecule has 0 atom stereocenters. The molecule has 1 N–H and O–H groups in total. The van der Waals surface area contributed by atoms with Gasteiger partial charge in [-0.1, -0.05) is 17.7 Å². The number of esters is 2. The van der Waals surface area contributed by atoms with Gasteiger partial charge in [0.15, 0.2) is 18.3 Å². The molecule has 8 nitrogen and oxygen atoms in total. The lowest BCUT2D eigenvalue weighted by molar-refractivity contribution is -0.149. The van der Waals surface area contributed by atoms with E-state index in [1.165, 1.54) is 11.3 Å². The van der Waals surface area contributed by atoms with Gasteiger partial charge in [0, 0.05) is 5.38 Å². The van der Waals surface area contributed by atoms with Crippen LogP contribution in [-0.2, 0) is 30.3 Å². The molecule has 0 radical (unpaired) electrons. The van der Waals surface area contributed by atoms with E-state index >= 15 is 0 Å². The quantitative estimate of drug-likeness (QED) is 0.622. The maximum atomic E-state index is 11.9. The maximum Gasteiger partial charge on any atom is 0.344 e. The zero-order valence-corrected chi connectivity index (χ0v) is 17.7. The minimum absolute atomic E-state index is 0.0321. The summed E-state index contributed by atoms with van der Waals surface area (Å²) in [5.41, 5.74) is 3.46. The molecule has 0 spiro atoms. The van der Waals surface area contributed by atoms with Gasteiger partial charge in [-0.25, -0.2) is 9.78 Å². The van der Waals surface area contributed by atoms with Crippen molar-refractivity contribution >= 4 is 34.3 Å². The third kappa shape index (κ3) is 7.19. The number of aromatic nitrogens is 1. The fourth-order valence-corrected chi connectivity index (χ4v) is 3.40. The molecule has 2 rings (SSSR count). The molecular weight excluding hydrogens is 396 g/mol. The number of hydrogen-bond acceptors (Lipinski definition) is 8. The number of aryl methyl sites for hydroxylation is 3.